The zero-order valence-electron chi connectivity index (χ0n) is 14.3. The fourth-order valence-electron chi connectivity index (χ4n) is 3.06. The van der Waals surface area contributed by atoms with E-state index in [0.717, 1.165) is 5.56 Å². The largest absolute Gasteiger partial charge is 0.482 e. The highest BCUT2D eigenvalue weighted by Gasteiger charge is 2.14. The Balaban J connectivity index is 1.46. The maximum Gasteiger partial charge on any atom is 0.277 e. The third-order valence-electron chi connectivity index (χ3n) is 4.39. The van der Waals surface area contributed by atoms with E-state index in [9.17, 15) is 4.79 Å². The van der Waals surface area contributed by atoms with Crippen molar-refractivity contribution in [1.29, 1.82) is 0 Å². The summed E-state index contributed by atoms with van der Waals surface area (Å²) in [5, 5.41) is 4.85. The first-order valence-corrected chi connectivity index (χ1v) is 9.44. The topological polar surface area (TPSA) is 55.6 Å². The number of carbonyl (C=O) groups excluding carboxylic acids is 1. The Kier molecular flexibility index (Phi) is 6.58. The van der Waals surface area contributed by atoms with E-state index in [1.54, 1.807) is 24.4 Å². The van der Waals surface area contributed by atoms with Crippen LogP contribution in [0.15, 0.2) is 41.8 Å². The van der Waals surface area contributed by atoms with E-state index in [-0.39, 0.29) is 12.5 Å². The number of halogens is 2. The van der Waals surface area contributed by atoms with E-state index in [1.807, 2.05) is 6.07 Å². The summed E-state index contributed by atoms with van der Waals surface area (Å²) in [4.78, 5) is 11.8. The molecule has 1 aromatic heterocycles. The summed E-state index contributed by atoms with van der Waals surface area (Å²) in [7, 11) is 0. The molecule has 0 radical (unpaired) electrons. The van der Waals surface area contributed by atoms with Crippen LogP contribution in [0.4, 0.5) is 0 Å². The number of aromatic nitrogens is 1. The molecule has 5 nitrogen and oxygen atoms in total. The van der Waals surface area contributed by atoms with Gasteiger partial charge in [-0.3, -0.25) is 4.79 Å². The van der Waals surface area contributed by atoms with E-state index in [0.29, 0.717) is 21.8 Å². The van der Waals surface area contributed by atoms with E-state index in [2.05, 4.69) is 27.5 Å². The molecule has 1 amide bonds. The summed E-state index contributed by atoms with van der Waals surface area (Å²) in [6.07, 6.45) is 12.1. The van der Waals surface area contributed by atoms with E-state index < -0.39 is 0 Å². The molecular formula is C19H21Cl2N3O2. The highest BCUT2D eigenvalue weighted by atomic mass is 35.5. The van der Waals surface area contributed by atoms with Gasteiger partial charge in [-0.2, -0.15) is 5.10 Å². The number of hydrazone groups is 1. The molecule has 0 bridgehead atoms. The summed E-state index contributed by atoms with van der Waals surface area (Å²) in [5.74, 6) is 0.0405. The van der Waals surface area contributed by atoms with Crippen molar-refractivity contribution in [2.75, 3.05) is 6.61 Å². The standard InChI is InChI=1S/C19H21Cl2N3O2/c20-15-6-7-18(17(21)10-15)26-13-19(25)23-22-11-14-8-9-24(12-14)16-4-2-1-3-5-16/h6-12,16H,1-5,13H2,(H,23,25)/b22-11+. The second-order valence-electron chi connectivity index (χ2n) is 6.34. The van der Waals surface area contributed by atoms with Crippen LogP contribution in [0.5, 0.6) is 5.75 Å². The van der Waals surface area contributed by atoms with Crippen molar-refractivity contribution in [3.05, 3.63) is 52.3 Å². The molecule has 0 saturated heterocycles. The van der Waals surface area contributed by atoms with Gasteiger partial charge in [-0.05, 0) is 37.1 Å². The van der Waals surface area contributed by atoms with Gasteiger partial charge in [-0.25, -0.2) is 5.43 Å². The third-order valence-corrected chi connectivity index (χ3v) is 4.92. The van der Waals surface area contributed by atoms with Gasteiger partial charge in [0, 0.05) is 29.0 Å². The van der Waals surface area contributed by atoms with Gasteiger partial charge in [0.2, 0.25) is 0 Å². The minimum absolute atomic E-state index is 0.179. The molecule has 1 heterocycles. The predicted molar refractivity (Wildman–Crippen MR) is 104 cm³/mol. The molecule has 1 fully saturated rings. The number of nitrogens with one attached hydrogen (secondary N) is 1. The zero-order chi connectivity index (χ0) is 18.4. The van der Waals surface area contributed by atoms with Gasteiger partial charge in [0.05, 0.1) is 11.2 Å². The molecule has 7 heteroatoms. The molecule has 1 aliphatic rings. The number of ether oxygens (including phenoxy) is 1. The maximum absolute atomic E-state index is 11.8. The first kappa shape index (κ1) is 18.8. The molecule has 0 spiro atoms. The summed E-state index contributed by atoms with van der Waals surface area (Å²) >= 11 is 11.8. The van der Waals surface area contributed by atoms with Crippen LogP contribution in [0, 0.1) is 0 Å². The highest BCUT2D eigenvalue weighted by Crippen LogP contribution is 2.28. The number of benzene rings is 1. The van der Waals surface area contributed by atoms with Crippen molar-refractivity contribution in [2.45, 2.75) is 38.1 Å². The second kappa shape index (κ2) is 9.10. The second-order valence-corrected chi connectivity index (χ2v) is 7.18. The quantitative estimate of drug-likeness (QED) is 0.564. The van der Waals surface area contributed by atoms with E-state index in [1.165, 1.54) is 32.1 Å². The van der Waals surface area contributed by atoms with Crippen molar-refractivity contribution < 1.29 is 9.53 Å². The molecule has 2 aromatic rings. The lowest BCUT2D eigenvalue weighted by atomic mass is 9.95. The summed E-state index contributed by atoms with van der Waals surface area (Å²) in [6, 6.07) is 7.41. The molecule has 138 valence electrons. The number of hydrogen-bond donors (Lipinski definition) is 1. The minimum Gasteiger partial charge on any atom is -0.482 e. The smallest absolute Gasteiger partial charge is 0.277 e. The number of rotatable bonds is 6. The predicted octanol–water partition coefficient (Wildman–Crippen LogP) is 4.83. The van der Waals surface area contributed by atoms with E-state index in [4.69, 9.17) is 27.9 Å². The average Bonchev–Trinajstić information content (AvgIpc) is 3.11. The lowest BCUT2D eigenvalue weighted by Crippen LogP contribution is -2.24. The molecule has 1 aliphatic carbocycles. The molecule has 0 aliphatic heterocycles. The number of nitrogens with zero attached hydrogens (tertiary/aromatic N) is 2. The SMILES string of the molecule is O=C(COc1ccc(Cl)cc1Cl)N/N=C/c1ccn(C2CCCCC2)c1. The normalized spacial score (nSPS) is 15.3. The van der Waals surface area contributed by atoms with Gasteiger partial charge in [-0.15, -0.1) is 0 Å². The van der Waals surface area contributed by atoms with Gasteiger partial charge in [0.1, 0.15) is 5.75 Å². The van der Waals surface area contributed by atoms with E-state index >= 15 is 0 Å². The van der Waals surface area contributed by atoms with Gasteiger partial charge in [0.15, 0.2) is 6.61 Å². The molecular weight excluding hydrogens is 373 g/mol. The van der Waals surface area contributed by atoms with Crippen LogP contribution in [0.3, 0.4) is 0 Å². The van der Waals surface area contributed by atoms with Gasteiger partial charge >= 0.3 is 0 Å². The summed E-state index contributed by atoms with van der Waals surface area (Å²) in [5.41, 5.74) is 3.40. The first-order valence-electron chi connectivity index (χ1n) is 8.69. The molecule has 3 rings (SSSR count). The van der Waals surface area contributed by atoms with Crippen molar-refractivity contribution in [3.8, 4) is 5.75 Å². The summed E-state index contributed by atoms with van der Waals surface area (Å²) in [6.45, 7) is -0.179. The molecule has 0 atom stereocenters. The Morgan fingerprint density at radius 2 is 2.08 bits per heavy atom. The third kappa shape index (κ3) is 5.26. The zero-order valence-corrected chi connectivity index (χ0v) is 15.8. The lowest BCUT2D eigenvalue weighted by molar-refractivity contribution is -0.123. The van der Waals surface area contributed by atoms with Crippen molar-refractivity contribution in [3.63, 3.8) is 0 Å². The number of carbonyl (C=O) groups is 1. The number of hydrogen-bond acceptors (Lipinski definition) is 3. The first-order chi connectivity index (χ1) is 12.6. The molecule has 1 aromatic carbocycles. The summed E-state index contributed by atoms with van der Waals surface area (Å²) < 4.78 is 7.60. The monoisotopic (exact) mass is 393 g/mol. The van der Waals surface area contributed by atoms with Gasteiger partial charge < -0.3 is 9.30 Å². The maximum atomic E-state index is 11.8. The van der Waals surface area contributed by atoms with Crippen molar-refractivity contribution in [1.82, 2.24) is 9.99 Å². The van der Waals surface area contributed by atoms with Crippen LogP contribution in [0.1, 0.15) is 43.7 Å². The van der Waals surface area contributed by atoms with Crippen LogP contribution in [0.25, 0.3) is 0 Å². The van der Waals surface area contributed by atoms with Crippen LogP contribution >= 0.6 is 23.2 Å². The molecule has 26 heavy (non-hydrogen) atoms. The van der Waals surface area contributed by atoms with Gasteiger partial charge in [-0.1, -0.05) is 42.5 Å². The van der Waals surface area contributed by atoms with Crippen LogP contribution in [0.2, 0.25) is 10.0 Å². The number of amides is 1. The highest BCUT2D eigenvalue weighted by molar-refractivity contribution is 6.35. The van der Waals surface area contributed by atoms with Crippen LogP contribution in [-0.2, 0) is 4.79 Å². The lowest BCUT2D eigenvalue weighted by Gasteiger charge is -2.23. The van der Waals surface area contributed by atoms with Gasteiger partial charge in [0.25, 0.3) is 5.91 Å². The van der Waals surface area contributed by atoms with Crippen molar-refractivity contribution >= 4 is 35.3 Å². The Morgan fingerprint density at radius 3 is 2.85 bits per heavy atom. The minimum atomic E-state index is -0.362. The fourth-order valence-corrected chi connectivity index (χ4v) is 3.52. The fraction of sp³-hybridized carbons (Fsp3) is 0.368. The molecule has 1 saturated carbocycles. The van der Waals surface area contributed by atoms with Crippen LogP contribution < -0.4 is 10.2 Å². The van der Waals surface area contributed by atoms with Crippen molar-refractivity contribution in [2.24, 2.45) is 5.10 Å². The van der Waals surface area contributed by atoms with Crippen LogP contribution in [-0.4, -0.2) is 23.3 Å². The Bertz CT molecular complexity index is 783. The molecule has 0 unspecified atom stereocenters. The average molecular weight is 394 g/mol. The Labute approximate surface area is 162 Å². The Hall–Kier alpha value is -1.98. The Morgan fingerprint density at radius 1 is 1.27 bits per heavy atom. The molecule has 1 N–H and O–H groups in total.